The molecule has 18 heavy (non-hydrogen) atoms. The standard InChI is InChI=1S/C11H17ClN4O2/c1-7(6-18-3)16(2)11-9(12)8(4-5-14-11)10(13)15-17/h4-5,7,17H,6H2,1-3H3,(H2,13,15). The third kappa shape index (κ3) is 3.02. The highest BCUT2D eigenvalue weighted by molar-refractivity contribution is 6.36. The van der Waals surface area contributed by atoms with Gasteiger partial charge in [0.1, 0.15) is 5.82 Å². The summed E-state index contributed by atoms with van der Waals surface area (Å²) < 4.78 is 5.08. The number of oxime groups is 1. The van der Waals surface area contributed by atoms with Crippen LogP contribution in [-0.2, 0) is 4.74 Å². The molecule has 6 nitrogen and oxygen atoms in total. The summed E-state index contributed by atoms with van der Waals surface area (Å²) in [6.45, 7) is 2.53. The Morgan fingerprint density at radius 1 is 1.72 bits per heavy atom. The molecule has 0 saturated carbocycles. The Balaban J connectivity index is 3.11. The van der Waals surface area contributed by atoms with Crippen molar-refractivity contribution in [2.45, 2.75) is 13.0 Å². The van der Waals surface area contributed by atoms with Crippen molar-refractivity contribution >= 4 is 23.3 Å². The van der Waals surface area contributed by atoms with Crippen LogP contribution < -0.4 is 10.6 Å². The lowest BCUT2D eigenvalue weighted by Gasteiger charge is -2.26. The van der Waals surface area contributed by atoms with Gasteiger partial charge in [-0.05, 0) is 13.0 Å². The molecular formula is C11H17ClN4O2. The highest BCUT2D eigenvalue weighted by atomic mass is 35.5. The lowest BCUT2D eigenvalue weighted by atomic mass is 10.2. The summed E-state index contributed by atoms with van der Waals surface area (Å²) in [5.74, 6) is 0.516. The lowest BCUT2D eigenvalue weighted by molar-refractivity contribution is 0.183. The molecule has 0 fully saturated rings. The van der Waals surface area contributed by atoms with Gasteiger partial charge in [-0.25, -0.2) is 4.98 Å². The fraction of sp³-hybridized carbons (Fsp3) is 0.455. The predicted molar refractivity (Wildman–Crippen MR) is 71.5 cm³/mol. The summed E-state index contributed by atoms with van der Waals surface area (Å²) in [6, 6.07) is 1.69. The fourth-order valence-corrected chi connectivity index (χ4v) is 1.83. The van der Waals surface area contributed by atoms with Gasteiger partial charge in [-0.1, -0.05) is 16.8 Å². The van der Waals surface area contributed by atoms with Crippen molar-refractivity contribution in [1.29, 1.82) is 0 Å². The summed E-state index contributed by atoms with van der Waals surface area (Å²) in [7, 11) is 3.49. The first-order valence-corrected chi connectivity index (χ1v) is 5.74. The Morgan fingerprint density at radius 3 is 2.94 bits per heavy atom. The van der Waals surface area contributed by atoms with Gasteiger partial charge < -0.3 is 20.6 Å². The average molecular weight is 273 g/mol. The average Bonchev–Trinajstić information content (AvgIpc) is 2.37. The van der Waals surface area contributed by atoms with Gasteiger partial charge in [-0.15, -0.1) is 0 Å². The smallest absolute Gasteiger partial charge is 0.171 e. The lowest BCUT2D eigenvalue weighted by Crippen LogP contribution is -2.33. The summed E-state index contributed by atoms with van der Waals surface area (Å²) in [5.41, 5.74) is 5.99. The number of likely N-dealkylation sites (N-methyl/N-ethyl adjacent to an activating group) is 1. The largest absolute Gasteiger partial charge is 0.409 e. The van der Waals surface area contributed by atoms with Crippen molar-refractivity contribution in [2.24, 2.45) is 10.9 Å². The molecule has 0 aliphatic carbocycles. The van der Waals surface area contributed by atoms with Crippen LogP contribution in [0.25, 0.3) is 0 Å². The number of hydrogen-bond donors (Lipinski definition) is 2. The molecule has 0 aliphatic rings. The second-order valence-corrected chi connectivity index (χ2v) is 4.27. The number of anilines is 1. The third-order valence-electron chi connectivity index (χ3n) is 2.66. The Hall–Kier alpha value is -1.53. The molecule has 100 valence electrons. The Morgan fingerprint density at radius 2 is 2.39 bits per heavy atom. The van der Waals surface area contributed by atoms with E-state index in [0.29, 0.717) is 23.0 Å². The second-order valence-electron chi connectivity index (χ2n) is 3.90. The quantitative estimate of drug-likeness (QED) is 0.365. The zero-order valence-electron chi connectivity index (χ0n) is 10.6. The zero-order valence-corrected chi connectivity index (χ0v) is 11.3. The van der Waals surface area contributed by atoms with Crippen LogP contribution in [-0.4, -0.2) is 42.8 Å². The number of aromatic nitrogens is 1. The number of pyridine rings is 1. The van der Waals surface area contributed by atoms with Gasteiger partial charge in [-0.3, -0.25) is 0 Å². The van der Waals surface area contributed by atoms with Crippen LogP contribution in [0.1, 0.15) is 12.5 Å². The van der Waals surface area contributed by atoms with Crippen LogP contribution in [0.3, 0.4) is 0 Å². The number of methoxy groups -OCH3 is 1. The Bertz CT molecular complexity index is 439. The number of halogens is 1. The Kier molecular flexibility index (Phi) is 5.18. The van der Waals surface area contributed by atoms with Gasteiger partial charge >= 0.3 is 0 Å². The van der Waals surface area contributed by atoms with Crippen LogP contribution in [0, 0.1) is 0 Å². The SMILES string of the molecule is COCC(C)N(C)c1nccc(/C(N)=N/O)c1Cl. The molecule has 0 radical (unpaired) electrons. The van der Waals surface area contributed by atoms with E-state index in [0.717, 1.165) is 0 Å². The van der Waals surface area contributed by atoms with Crippen LogP contribution >= 0.6 is 11.6 Å². The number of nitrogens with two attached hydrogens (primary N) is 1. The van der Waals surface area contributed by atoms with Crippen molar-refractivity contribution in [3.05, 3.63) is 22.8 Å². The van der Waals surface area contributed by atoms with E-state index in [-0.39, 0.29) is 11.9 Å². The van der Waals surface area contributed by atoms with Gasteiger partial charge in [0.05, 0.1) is 17.7 Å². The van der Waals surface area contributed by atoms with Gasteiger partial charge in [0.15, 0.2) is 5.84 Å². The van der Waals surface area contributed by atoms with Crippen LogP contribution in [0.5, 0.6) is 0 Å². The summed E-state index contributed by atoms with van der Waals surface area (Å²) in [6.07, 6.45) is 1.56. The monoisotopic (exact) mass is 272 g/mol. The van der Waals surface area contributed by atoms with E-state index < -0.39 is 0 Å². The molecule has 0 aliphatic heterocycles. The highest BCUT2D eigenvalue weighted by Gasteiger charge is 2.17. The van der Waals surface area contributed by atoms with E-state index >= 15 is 0 Å². The minimum atomic E-state index is -0.0450. The van der Waals surface area contributed by atoms with Crippen molar-refractivity contribution in [2.75, 3.05) is 25.7 Å². The number of amidine groups is 1. The van der Waals surface area contributed by atoms with E-state index in [4.69, 9.17) is 27.3 Å². The molecule has 1 heterocycles. The van der Waals surface area contributed by atoms with E-state index in [1.165, 1.54) is 0 Å². The molecule has 1 aromatic rings. The van der Waals surface area contributed by atoms with E-state index in [1.807, 2.05) is 18.9 Å². The molecule has 0 spiro atoms. The molecular weight excluding hydrogens is 256 g/mol. The van der Waals surface area contributed by atoms with Gasteiger partial charge in [0.2, 0.25) is 0 Å². The first-order chi connectivity index (χ1) is 8.52. The number of hydrogen-bond acceptors (Lipinski definition) is 5. The first kappa shape index (κ1) is 14.5. The third-order valence-corrected chi connectivity index (χ3v) is 3.03. The summed E-state index contributed by atoms with van der Waals surface area (Å²) in [4.78, 5) is 6.08. The second kappa shape index (κ2) is 6.42. The maximum absolute atomic E-state index is 8.69. The molecule has 3 N–H and O–H groups in total. The van der Waals surface area contributed by atoms with Crippen LogP contribution in [0.2, 0.25) is 5.02 Å². The minimum absolute atomic E-state index is 0.0450. The molecule has 7 heteroatoms. The van der Waals surface area contributed by atoms with Crippen molar-refractivity contribution in [1.82, 2.24) is 4.98 Å². The number of rotatable bonds is 5. The van der Waals surface area contributed by atoms with E-state index in [9.17, 15) is 0 Å². The summed E-state index contributed by atoms with van der Waals surface area (Å²) in [5, 5.41) is 12.0. The maximum atomic E-state index is 8.69. The molecule has 0 amide bonds. The van der Waals surface area contributed by atoms with Crippen molar-refractivity contribution < 1.29 is 9.94 Å². The zero-order chi connectivity index (χ0) is 13.7. The molecule has 1 atom stereocenters. The van der Waals surface area contributed by atoms with Crippen molar-refractivity contribution in [3.8, 4) is 0 Å². The van der Waals surface area contributed by atoms with Gasteiger partial charge in [-0.2, -0.15) is 0 Å². The molecule has 1 aromatic heterocycles. The predicted octanol–water partition coefficient (Wildman–Crippen LogP) is 1.30. The first-order valence-electron chi connectivity index (χ1n) is 5.37. The van der Waals surface area contributed by atoms with E-state index in [1.54, 1.807) is 19.4 Å². The number of ether oxygens (including phenoxy) is 1. The maximum Gasteiger partial charge on any atom is 0.171 e. The molecule has 1 unspecified atom stereocenters. The van der Waals surface area contributed by atoms with E-state index in [2.05, 4.69) is 10.1 Å². The van der Waals surface area contributed by atoms with Crippen molar-refractivity contribution in [3.63, 3.8) is 0 Å². The van der Waals surface area contributed by atoms with Crippen LogP contribution in [0.15, 0.2) is 17.4 Å². The number of nitrogens with zero attached hydrogens (tertiary/aromatic N) is 3. The molecule has 0 saturated heterocycles. The van der Waals surface area contributed by atoms with Gasteiger partial charge in [0.25, 0.3) is 0 Å². The minimum Gasteiger partial charge on any atom is -0.409 e. The highest BCUT2D eigenvalue weighted by Crippen LogP contribution is 2.27. The molecule has 1 rings (SSSR count). The van der Waals surface area contributed by atoms with Gasteiger partial charge in [0, 0.05) is 25.9 Å². The molecule has 0 aromatic carbocycles. The Labute approximate surface area is 111 Å². The summed E-state index contributed by atoms with van der Waals surface area (Å²) >= 11 is 6.20. The normalized spacial score (nSPS) is 13.4. The topological polar surface area (TPSA) is 84.0 Å². The van der Waals surface area contributed by atoms with Crippen LogP contribution in [0.4, 0.5) is 5.82 Å². The molecule has 0 bridgehead atoms. The fourth-order valence-electron chi connectivity index (χ4n) is 1.49.